The molecule has 21 heavy (non-hydrogen) atoms. The van der Waals surface area contributed by atoms with Crippen LogP contribution in [0.4, 0.5) is 0 Å². The molecule has 2 aromatic rings. The lowest BCUT2D eigenvalue weighted by Crippen LogP contribution is -1.95. The number of allylic oxidation sites excluding steroid dienone is 1. The minimum absolute atomic E-state index is 0.0141. The largest absolute Gasteiger partial charge is 0.504 e. The summed E-state index contributed by atoms with van der Waals surface area (Å²) < 4.78 is 4.97. The van der Waals surface area contributed by atoms with Crippen LogP contribution in [0.2, 0.25) is 0 Å². The van der Waals surface area contributed by atoms with E-state index in [0.29, 0.717) is 11.1 Å². The van der Waals surface area contributed by atoms with Crippen molar-refractivity contribution in [2.24, 2.45) is 0 Å². The molecule has 0 aromatic heterocycles. The average molecular weight is 279 g/mol. The zero-order valence-electron chi connectivity index (χ0n) is 11.4. The topological polar surface area (TPSA) is 70.3 Å². The zero-order valence-corrected chi connectivity index (χ0v) is 11.4. The minimum Gasteiger partial charge on any atom is -0.504 e. The summed E-state index contributed by atoms with van der Waals surface area (Å²) in [6.07, 6.45) is 3.06. The Morgan fingerprint density at radius 2 is 2.10 bits per heavy atom. The number of rotatable bonds is 4. The van der Waals surface area contributed by atoms with Gasteiger partial charge in [-0.15, -0.1) is 0 Å². The molecule has 0 atom stereocenters. The molecule has 104 valence electrons. The fourth-order valence-electron chi connectivity index (χ4n) is 1.81. The van der Waals surface area contributed by atoms with Gasteiger partial charge in [0.05, 0.1) is 18.7 Å². The number of benzene rings is 2. The molecule has 2 rings (SSSR count). The highest BCUT2D eigenvalue weighted by atomic mass is 16.5. The van der Waals surface area contributed by atoms with Crippen molar-refractivity contribution in [3.8, 4) is 17.6 Å². The number of ketones is 1. The van der Waals surface area contributed by atoms with Gasteiger partial charge in [0.1, 0.15) is 0 Å². The molecule has 4 heteroatoms. The molecule has 0 spiro atoms. The van der Waals surface area contributed by atoms with Gasteiger partial charge in [0.2, 0.25) is 0 Å². The number of ether oxygens (including phenoxy) is 1. The molecule has 0 fully saturated rings. The second-order valence-electron chi connectivity index (χ2n) is 4.32. The Kier molecular flexibility index (Phi) is 4.37. The van der Waals surface area contributed by atoms with Gasteiger partial charge in [-0.1, -0.05) is 18.2 Å². The van der Waals surface area contributed by atoms with Gasteiger partial charge in [-0.25, -0.2) is 0 Å². The summed E-state index contributed by atoms with van der Waals surface area (Å²) in [5.41, 5.74) is 1.72. The average Bonchev–Trinajstić information content (AvgIpc) is 2.53. The van der Waals surface area contributed by atoms with Gasteiger partial charge in [-0.2, -0.15) is 5.26 Å². The van der Waals surface area contributed by atoms with Gasteiger partial charge in [0.25, 0.3) is 0 Å². The van der Waals surface area contributed by atoms with Crippen LogP contribution in [0.15, 0.2) is 48.5 Å². The number of aromatic hydroxyl groups is 1. The summed E-state index contributed by atoms with van der Waals surface area (Å²) in [5.74, 6) is 0.0242. The first kappa shape index (κ1) is 14.4. The van der Waals surface area contributed by atoms with E-state index in [1.54, 1.807) is 24.3 Å². The Bertz CT molecular complexity index is 742. The van der Waals surface area contributed by atoms with E-state index in [9.17, 15) is 9.90 Å². The van der Waals surface area contributed by atoms with E-state index in [2.05, 4.69) is 0 Å². The van der Waals surface area contributed by atoms with Crippen LogP contribution in [0.3, 0.4) is 0 Å². The van der Waals surface area contributed by atoms with Gasteiger partial charge in [0.15, 0.2) is 17.3 Å². The van der Waals surface area contributed by atoms with Gasteiger partial charge in [0, 0.05) is 5.56 Å². The molecule has 0 radical (unpaired) electrons. The predicted molar refractivity (Wildman–Crippen MR) is 79.2 cm³/mol. The maximum Gasteiger partial charge on any atom is 0.185 e. The number of nitrogens with zero attached hydrogens (tertiary/aromatic N) is 1. The van der Waals surface area contributed by atoms with Crippen molar-refractivity contribution in [3.63, 3.8) is 0 Å². The summed E-state index contributed by atoms with van der Waals surface area (Å²) in [4.78, 5) is 12.1. The van der Waals surface area contributed by atoms with Gasteiger partial charge >= 0.3 is 0 Å². The van der Waals surface area contributed by atoms with Gasteiger partial charge in [-0.05, 0) is 42.0 Å². The Morgan fingerprint density at radius 1 is 1.29 bits per heavy atom. The Hall–Kier alpha value is -3.06. The first-order valence-electron chi connectivity index (χ1n) is 6.23. The molecule has 0 saturated heterocycles. The molecule has 0 aliphatic rings. The van der Waals surface area contributed by atoms with Crippen LogP contribution in [-0.4, -0.2) is 18.0 Å². The fourth-order valence-corrected chi connectivity index (χ4v) is 1.81. The van der Waals surface area contributed by atoms with E-state index in [4.69, 9.17) is 10.00 Å². The highest BCUT2D eigenvalue weighted by Gasteiger charge is 2.07. The second-order valence-corrected chi connectivity index (χ2v) is 4.32. The third-order valence-electron chi connectivity index (χ3n) is 2.91. The summed E-state index contributed by atoms with van der Waals surface area (Å²) in [6.45, 7) is 0. The Labute approximate surface area is 122 Å². The first-order valence-corrected chi connectivity index (χ1v) is 6.23. The normalized spacial score (nSPS) is 10.3. The molecular formula is C17H13NO3. The van der Waals surface area contributed by atoms with Crippen molar-refractivity contribution < 1.29 is 14.6 Å². The van der Waals surface area contributed by atoms with Crippen LogP contribution < -0.4 is 4.74 Å². The smallest absolute Gasteiger partial charge is 0.185 e. The summed E-state index contributed by atoms with van der Waals surface area (Å²) in [5, 5.41) is 18.3. The minimum atomic E-state index is -0.212. The fraction of sp³-hybridized carbons (Fsp3) is 0.0588. The summed E-state index contributed by atoms with van der Waals surface area (Å²) >= 11 is 0. The monoisotopic (exact) mass is 279 g/mol. The van der Waals surface area contributed by atoms with E-state index in [0.717, 1.165) is 5.56 Å². The lowest BCUT2D eigenvalue weighted by molar-refractivity contribution is 0.104. The summed E-state index contributed by atoms with van der Waals surface area (Å²) in [7, 11) is 1.42. The Morgan fingerprint density at radius 3 is 2.81 bits per heavy atom. The number of phenols is 1. The molecule has 0 heterocycles. The molecular weight excluding hydrogens is 266 g/mol. The maximum atomic E-state index is 12.1. The lowest BCUT2D eigenvalue weighted by Gasteiger charge is -2.04. The van der Waals surface area contributed by atoms with E-state index >= 15 is 0 Å². The number of carbonyl (C=O) groups is 1. The third kappa shape index (κ3) is 3.48. The van der Waals surface area contributed by atoms with E-state index in [1.807, 2.05) is 12.1 Å². The molecule has 0 saturated carbocycles. The van der Waals surface area contributed by atoms with E-state index < -0.39 is 0 Å². The molecule has 0 aliphatic heterocycles. The van der Waals surface area contributed by atoms with E-state index in [1.165, 1.54) is 31.4 Å². The highest BCUT2D eigenvalue weighted by Crippen LogP contribution is 2.26. The Balaban J connectivity index is 2.21. The SMILES string of the molecule is COc1cc(C(=O)C=Cc2cccc(C#N)c2)ccc1O. The van der Waals surface area contributed by atoms with Crippen LogP contribution in [0.1, 0.15) is 21.5 Å². The summed E-state index contributed by atoms with van der Waals surface area (Å²) in [6, 6.07) is 13.4. The van der Waals surface area contributed by atoms with Gasteiger partial charge < -0.3 is 9.84 Å². The van der Waals surface area contributed by atoms with Crippen molar-refractivity contribution in [2.75, 3.05) is 7.11 Å². The lowest BCUT2D eigenvalue weighted by atomic mass is 10.1. The number of nitriles is 1. The quantitative estimate of drug-likeness (QED) is 0.689. The molecule has 2 aromatic carbocycles. The standard InChI is InChI=1S/C17H13NO3/c1-21-17-10-14(6-8-16(17)20)15(19)7-5-12-3-2-4-13(9-12)11-18/h2-10,20H,1H3. The van der Waals surface area contributed by atoms with E-state index in [-0.39, 0.29) is 17.3 Å². The van der Waals surface area contributed by atoms with Crippen LogP contribution in [0, 0.1) is 11.3 Å². The van der Waals surface area contributed by atoms with Crippen LogP contribution in [0.25, 0.3) is 6.08 Å². The third-order valence-corrected chi connectivity index (χ3v) is 2.91. The van der Waals surface area contributed by atoms with Gasteiger partial charge in [-0.3, -0.25) is 4.79 Å². The van der Waals surface area contributed by atoms with Crippen molar-refractivity contribution in [3.05, 3.63) is 65.2 Å². The van der Waals surface area contributed by atoms with Crippen LogP contribution in [-0.2, 0) is 0 Å². The zero-order chi connectivity index (χ0) is 15.2. The van der Waals surface area contributed by atoms with Crippen molar-refractivity contribution in [1.82, 2.24) is 0 Å². The number of methoxy groups -OCH3 is 1. The van der Waals surface area contributed by atoms with Crippen LogP contribution in [0.5, 0.6) is 11.5 Å². The number of hydrogen-bond donors (Lipinski definition) is 1. The number of carbonyl (C=O) groups excluding carboxylic acids is 1. The number of hydrogen-bond acceptors (Lipinski definition) is 4. The van der Waals surface area contributed by atoms with Crippen molar-refractivity contribution >= 4 is 11.9 Å². The first-order chi connectivity index (χ1) is 10.1. The van der Waals surface area contributed by atoms with Crippen LogP contribution >= 0.6 is 0 Å². The molecule has 1 N–H and O–H groups in total. The number of phenolic OH excluding ortho intramolecular Hbond substituents is 1. The van der Waals surface area contributed by atoms with Crippen molar-refractivity contribution in [2.45, 2.75) is 0 Å². The molecule has 4 nitrogen and oxygen atoms in total. The molecule has 0 bridgehead atoms. The maximum absolute atomic E-state index is 12.1. The predicted octanol–water partition coefficient (Wildman–Crippen LogP) is 3.17. The molecule has 0 aliphatic carbocycles. The van der Waals surface area contributed by atoms with Crippen molar-refractivity contribution in [1.29, 1.82) is 5.26 Å². The molecule has 0 unspecified atom stereocenters. The highest BCUT2D eigenvalue weighted by molar-refractivity contribution is 6.07. The molecule has 0 amide bonds. The second kappa shape index (κ2) is 6.40.